The molecule has 0 saturated carbocycles. The minimum Gasteiger partial charge on any atom is -0.344 e. The number of aliphatic imine (C=N–C) groups is 2. The molecule has 4 nitrogen and oxygen atoms in total. The molecule has 9 aromatic rings. The Labute approximate surface area is 329 Å². The smallest absolute Gasteiger partial charge is 0.159 e. The molecule has 2 aliphatic rings. The van der Waals surface area contributed by atoms with Gasteiger partial charge in [-0.05, 0) is 95.3 Å². The molecule has 0 saturated heterocycles. The molecule has 0 radical (unpaired) electrons. The lowest BCUT2D eigenvalue weighted by Gasteiger charge is -2.24. The molecule has 2 aromatic heterocycles. The summed E-state index contributed by atoms with van der Waals surface area (Å²) in [5, 5.41) is 8.78. The van der Waals surface area contributed by atoms with E-state index in [4.69, 9.17) is 9.98 Å². The van der Waals surface area contributed by atoms with Gasteiger partial charge in [0.2, 0.25) is 0 Å². The van der Waals surface area contributed by atoms with E-state index in [2.05, 4.69) is 186 Å². The SMILES string of the molecule is C1=CC(C2=NC(c3cccc(-c4cc(-c5ccc6sc7ccccc7c6c5)cc(-n5c6ccccc6c6ccccc65)c4)c3)NC(c3ccccc3)=N2)=CCC1. The first-order valence-corrected chi connectivity index (χ1v) is 20.1. The molecule has 1 aliphatic carbocycles. The number of hydrogen-bond acceptors (Lipinski definition) is 4. The average Bonchev–Trinajstić information content (AvgIpc) is 3.82. The Bertz CT molecular complexity index is 3070. The Morgan fingerprint density at radius 3 is 1.98 bits per heavy atom. The zero-order valence-corrected chi connectivity index (χ0v) is 31.4. The lowest BCUT2D eigenvalue weighted by atomic mass is 9.95. The van der Waals surface area contributed by atoms with Crippen LogP contribution in [0.4, 0.5) is 0 Å². The number of allylic oxidation sites excluding steroid dienone is 2. The minimum absolute atomic E-state index is 0.303. The fraction of sp³-hybridized carbons (Fsp3) is 0.0588. The van der Waals surface area contributed by atoms with Crippen molar-refractivity contribution in [2.45, 2.75) is 19.0 Å². The fourth-order valence-corrected chi connectivity index (χ4v) is 9.43. The lowest BCUT2D eigenvalue weighted by molar-refractivity contribution is 0.674. The first-order chi connectivity index (χ1) is 27.7. The van der Waals surface area contributed by atoms with Crippen LogP contribution in [-0.2, 0) is 0 Å². The fourth-order valence-electron chi connectivity index (χ4n) is 8.34. The molecule has 0 bridgehead atoms. The maximum Gasteiger partial charge on any atom is 0.159 e. The van der Waals surface area contributed by atoms with E-state index >= 15 is 0 Å². The summed E-state index contributed by atoms with van der Waals surface area (Å²) in [7, 11) is 0. The van der Waals surface area contributed by atoms with Gasteiger partial charge in [-0.1, -0.05) is 127 Å². The molecule has 1 unspecified atom stereocenters. The molecule has 266 valence electrons. The molecule has 0 fully saturated rings. The molecular formula is C51H36N4S. The van der Waals surface area contributed by atoms with Crippen LogP contribution in [-0.4, -0.2) is 16.2 Å². The van der Waals surface area contributed by atoms with Crippen molar-refractivity contribution in [3.05, 3.63) is 199 Å². The third-order valence-corrected chi connectivity index (χ3v) is 12.2. The summed E-state index contributed by atoms with van der Waals surface area (Å²) in [5.41, 5.74) is 11.4. The van der Waals surface area contributed by atoms with Crippen molar-refractivity contribution in [2.24, 2.45) is 9.98 Å². The number of benzene rings is 7. The number of fused-ring (bicyclic) bond motifs is 6. The average molecular weight is 737 g/mol. The summed E-state index contributed by atoms with van der Waals surface area (Å²) in [5.74, 6) is 1.60. The summed E-state index contributed by atoms with van der Waals surface area (Å²) in [6, 6.07) is 59.4. The third kappa shape index (κ3) is 5.67. The van der Waals surface area contributed by atoms with Crippen LogP contribution in [0.15, 0.2) is 198 Å². The van der Waals surface area contributed by atoms with Crippen LogP contribution in [0, 0.1) is 0 Å². The van der Waals surface area contributed by atoms with Gasteiger partial charge in [0.15, 0.2) is 5.84 Å². The summed E-state index contributed by atoms with van der Waals surface area (Å²) < 4.78 is 5.04. The van der Waals surface area contributed by atoms with E-state index in [1.807, 2.05) is 17.4 Å². The predicted octanol–water partition coefficient (Wildman–Crippen LogP) is 13.2. The van der Waals surface area contributed by atoms with Crippen molar-refractivity contribution in [2.75, 3.05) is 0 Å². The second kappa shape index (κ2) is 13.5. The van der Waals surface area contributed by atoms with Crippen LogP contribution in [0.2, 0.25) is 0 Å². The van der Waals surface area contributed by atoms with E-state index in [1.165, 1.54) is 53.1 Å². The second-order valence-electron chi connectivity index (χ2n) is 14.5. The number of amidine groups is 2. The number of rotatable bonds is 6. The summed E-state index contributed by atoms with van der Waals surface area (Å²) in [6.07, 6.45) is 8.36. The third-order valence-electron chi connectivity index (χ3n) is 11.0. The Morgan fingerprint density at radius 1 is 0.536 bits per heavy atom. The van der Waals surface area contributed by atoms with Gasteiger partial charge in [0.05, 0.1) is 11.0 Å². The molecule has 56 heavy (non-hydrogen) atoms. The first kappa shape index (κ1) is 32.6. The van der Waals surface area contributed by atoms with E-state index in [1.54, 1.807) is 0 Å². The molecule has 1 atom stereocenters. The number of nitrogens with one attached hydrogen (secondary N) is 1. The van der Waals surface area contributed by atoms with Crippen LogP contribution >= 0.6 is 11.3 Å². The van der Waals surface area contributed by atoms with Crippen molar-refractivity contribution in [1.82, 2.24) is 9.88 Å². The second-order valence-corrected chi connectivity index (χ2v) is 15.6. The van der Waals surface area contributed by atoms with E-state index < -0.39 is 0 Å². The standard InChI is InChI=1S/C51H36N4S/c1-3-14-33(15-4-1)49-52-50(34-16-5-2-6-17-34)54-51(53-49)37-19-13-18-35(28-37)38-29-39(36-26-27-48-44(32-36)43-22-9-12-25-47(43)56-48)31-40(30-38)55-45-23-10-7-20-41(45)42-21-8-11-24-46(42)55/h1,3-5,7-32,51H,2,6H2,(H,52,53,54). The molecule has 1 aliphatic heterocycles. The molecule has 0 spiro atoms. The van der Waals surface area contributed by atoms with Crippen molar-refractivity contribution in [3.63, 3.8) is 0 Å². The van der Waals surface area contributed by atoms with E-state index in [0.29, 0.717) is 0 Å². The molecule has 3 heterocycles. The van der Waals surface area contributed by atoms with Crippen LogP contribution in [0.1, 0.15) is 30.1 Å². The quantitative estimate of drug-likeness (QED) is 0.181. The van der Waals surface area contributed by atoms with Crippen molar-refractivity contribution < 1.29 is 0 Å². The van der Waals surface area contributed by atoms with Crippen LogP contribution in [0.3, 0.4) is 0 Å². The van der Waals surface area contributed by atoms with Gasteiger partial charge in [-0.15, -0.1) is 11.3 Å². The van der Waals surface area contributed by atoms with Gasteiger partial charge < -0.3 is 9.88 Å². The van der Waals surface area contributed by atoms with Crippen LogP contribution in [0.5, 0.6) is 0 Å². The van der Waals surface area contributed by atoms with Crippen LogP contribution < -0.4 is 5.32 Å². The minimum atomic E-state index is -0.303. The van der Waals surface area contributed by atoms with Gasteiger partial charge in [-0.2, -0.15) is 0 Å². The zero-order chi connectivity index (χ0) is 37.0. The van der Waals surface area contributed by atoms with Gasteiger partial charge >= 0.3 is 0 Å². The molecule has 5 heteroatoms. The van der Waals surface area contributed by atoms with Crippen molar-refractivity contribution >= 4 is 65.0 Å². The van der Waals surface area contributed by atoms with Crippen molar-refractivity contribution in [3.8, 4) is 27.9 Å². The maximum atomic E-state index is 5.22. The van der Waals surface area contributed by atoms with Gasteiger partial charge in [0.25, 0.3) is 0 Å². The molecule has 0 amide bonds. The van der Waals surface area contributed by atoms with E-state index in [-0.39, 0.29) is 6.17 Å². The number of para-hydroxylation sites is 2. The highest BCUT2D eigenvalue weighted by atomic mass is 32.1. The Kier molecular flexibility index (Phi) is 7.85. The number of nitrogens with zero attached hydrogens (tertiary/aromatic N) is 3. The zero-order valence-electron chi connectivity index (χ0n) is 30.6. The first-order valence-electron chi connectivity index (χ1n) is 19.2. The highest BCUT2D eigenvalue weighted by Gasteiger charge is 2.23. The summed E-state index contributed by atoms with van der Waals surface area (Å²) >= 11 is 1.86. The summed E-state index contributed by atoms with van der Waals surface area (Å²) in [6.45, 7) is 0. The number of aromatic nitrogens is 1. The largest absolute Gasteiger partial charge is 0.344 e. The molecule has 1 N–H and O–H groups in total. The topological polar surface area (TPSA) is 41.7 Å². The van der Waals surface area contributed by atoms with E-state index in [0.717, 1.165) is 58.0 Å². The van der Waals surface area contributed by atoms with Gasteiger partial charge in [-0.3, -0.25) is 0 Å². The molecular weight excluding hydrogens is 701 g/mol. The molecule has 7 aromatic carbocycles. The van der Waals surface area contributed by atoms with Gasteiger partial charge in [0.1, 0.15) is 12.0 Å². The van der Waals surface area contributed by atoms with E-state index in [9.17, 15) is 0 Å². The number of hydrogen-bond donors (Lipinski definition) is 1. The normalized spacial score (nSPS) is 15.6. The highest BCUT2D eigenvalue weighted by Crippen LogP contribution is 2.40. The Morgan fingerprint density at radius 2 is 1.21 bits per heavy atom. The highest BCUT2D eigenvalue weighted by molar-refractivity contribution is 7.25. The predicted molar refractivity (Wildman–Crippen MR) is 237 cm³/mol. The lowest BCUT2D eigenvalue weighted by Crippen LogP contribution is -2.33. The van der Waals surface area contributed by atoms with Gasteiger partial charge in [-0.25, -0.2) is 9.98 Å². The maximum absolute atomic E-state index is 5.22. The molecule has 11 rings (SSSR count). The van der Waals surface area contributed by atoms with Gasteiger partial charge in [0, 0.05) is 47.8 Å². The van der Waals surface area contributed by atoms with Crippen molar-refractivity contribution in [1.29, 1.82) is 0 Å². The Hall–Kier alpha value is -6.82. The summed E-state index contributed by atoms with van der Waals surface area (Å²) in [4.78, 5) is 10.3. The number of thiophene rings is 1. The monoisotopic (exact) mass is 736 g/mol. The Balaban J connectivity index is 1.08. The van der Waals surface area contributed by atoms with Crippen LogP contribution in [0.25, 0.3) is 69.9 Å².